The van der Waals surface area contributed by atoms with E-state index in [0.717, 1.165) is 35.0 Å². The molecule has 38 heavy (non-hydrogen) atoms. The molecule has 4 N–H and O–H groups in total. The molecule has 0 radical (unpaired) electrons. The number of nitrogens with one attached hydrogen (secondary N) is 1. The third-order valence-electron chi connectivity index (χ3n) is 6.05. The third-order valence-corrected chi connectivity index (χ3v) is 6.05. The Hall–Kier alpha value is -4.01. The number of anilines is 1. The predicted octanol–water partition coefficient (Wildman–Crippen LogP) is 2.19. The molecule has 0 saturated carbocycles. The van der Waals surface area contributed by atoms with Gasteiger partial charge in [0.2, 0.25) is 0 Å². The fraction of sp³-hybridized carbons (Fsp3) is 0.391. The highest BCUT2D eigenvalue weighted by atomic mass is 19.4. The number of benzene rings is 1. The maximum atomic E-state index is 15.0. The Balaban J connectivity index is 1.73. The third kappa shape index (κ3) is 4.80. The molecule has 15 heteroatoms. The first-order chi connectivity index (χ1) is 17.6. The van der Waals surface area contributed by atoms with E-state index in [0.29, 0.717) is 6.07 Å². The molecular weight excluding hydrogens is 519 g/mol. The summed E-state index contributed by atoms with van der Waals surface area (Å²) in [4.78, 5) is 30.0. The van der Waals surface area contributed by atoms with Crippen molar-refractivity contribution in [1.82, 2.24) is 24.8 Å². The zero-order valence-corrected chi connectivity index (χ0v) is 20.3. The number of nitrogen functional groups attached to an aromatic ring is 1. The Kier molecular flexibility index (Phi) is 6.67. The fourth-order valence-corrected chi connectivity index (χ4v) is 4.31. The Labute approximate surface area is 212 Å². The average molecular weight is 542 g/mol. The molecule has 1 aliphatic heterocycles. The molecule has 204 valence electrons. The van der Waals surface area contributed by atoms with E-state index < -0.39 is 76.4 Å². The number of amides is 2. The first-order valence-corrected chi connectivity index (χ1v) is 11.2. The number of hydrogen-bond donors (Lipinski definition) is 3. The van der Waals surface area contributed by atoms with Crippen LogP contribution in [0, 0.1) is 5.82 Å². The molecule has 3 aromatic rings. The van der Waals surface area contributed by atoms with E-state index >= 15 is 4.39 Å². The van der Waals surface area contributed by atoms with Crippen molar-refractivity contribution >= 4 is 23.1 Å². The van der Waals surface area contributed by atoms with Gasteiger partial charge in [0.1, 0.15) is 23.6 Å². The molecule has 4 rings (SSSR count). The van der Waals surface area contributed by atoms with Gasteiger partial charge in [-0.3, -0.25) is 9.59 Å². The molecule has 1 fully saturated rings. The van der Waals surface area contributed by atoms with Crippen LogP contribution in [0.4, 0.5) is 27.8 Å². The molecule has 1 aromatic carbocycles. The van der Waals surface area contributed by atoms with Crippen LogP contribution < -0.4 is 15.8 Å². The summed E-state index contributed by atoms with van der Waals surface area (Å²) in [6.07, 6.45) is -5.63. The van der Waals surface area contributed by atoms with Crippen molar-refractivity contribution < 1.29 is 41.4 Å². The molecule has 1 aliphatic rings. The topological polar surface area (TPSA) is 135 Å². The second-order valence-electron chi connectivity index (χ2n) is 9.25. The second-order valence-corrected chi connectivity index (χ2v) is 9.25. The number of hydrogen-bond acceptors (Lipinski definition) is 7. The van der Waals surface area contributed by atoms with E-state index in [-0.39, 0.29) is 17.8 Å². The molecule has 2 aromatic heterocycles. The molecule has 3 heterocycles. The first-order valence-electron chi connectivity index (χ1n) is 11.2. The number of nitrogens with zero attached hydrogens (tertiary/aromatic N) is 4. The van der Waals surface area contributed by atoms with Crippen molar-refractivity contribution in [2.75, 3.05) is 25.9 Å². The lowest BCUT2D eigenvalue weighted by Gasteiger charge is -2.24. The van der Waals surface area contributed by atoms with Crippen molar-refractivity contribution in [1.29, 1.82) is 0 Å². The highest BCUT2D eigenvalue weighted by Gasteiger charge is 2.41. The number of aliphatic hydroxyl groups is 1. The highest BCUT2D eigenvalue weighted by Crippen LogP contribution is 2.39. The van der Waals surface area contributed by atoms with E-state index in [1.54, 1.807) is 0 Å². The van der Waals surface area contributed by atoms with E-state index in [1.807, 2.05) is 0 Å². The zero-order chi connectivity index (χ0) is 28.2. The number of rotatable bonds is 5. The minimum absolute atomic E-state index is 0.181. The Morgan fingerprint density at radius 3 is 2.50 bits per heavy atom. The van der Waals surface area contributed by atoms with Crippen LogP contribution in [0.2, 0.25) is 0 Å². The number of nitrogens with two attached hydrogens (primary N) is 1. The minimum Gasteiger partial charge on any atom is -0.493 e. The lowest BCUT2D eigenvalue weighted by molar-refractivity contribution is -0.146. The number of fused-ring (bicyclic) bond motifs is 1. The zero-order valence-electron chi connectivity index (χ0n) is 20.3. The molecule has 0 unspecified atom stereocenters. The molecule has 2 amide bonds. The van der Waals surface area contributed by atoms with Crippen molar-refractivity contribution in [3.05, 3.63) is 41.5 Å². The van der Waals surface area contributed by atoms with E-state index in [9.17, 15) is 32.3 Å². The van der Waals surface area contributed by atoms with Crippen LogP contribution in [-0.4, -0.2) is 74.4 Å². The monoisotopic (exact) mass is 542 g/mol. The molecule has 10 nitrogen and oxygen atoms in total. The van der Waals surface area contributed by atoms with Crippen LogP contribution in [0.25, 0.3) is 16.8 Å². The summed E-state index contributed by atoms with van der Waals surface area (Å²) in [5, 5.41) is 16.1. The molecule has 1 saturated heterocycles. The average Bonchev–Trinajstić information content (AvgIpc) is 3.39. The highest BCUT2D eigenvalue weighted by molar-refractivity contribution is 5.99. The van der Waals surface area contributed by atoms with Gasteiger partial charge < -0.3 is 25.8 Å². The normalized spacial score (nSPS) is 18.2. The van der Waals surface area contributed by atoms with Gasteiger partial charge in [0.05, 0.1) is 36.5 Å². The summed E-state index contributed by atoms with van der Waals surface area (Å²) in [6.45, 7) is 1.81. The Bertz CT molecular complexity index is 1420. The number of alkyl halides is 4. The summed E-state index contributed by atoms with van der Waals surface area (Å²) >= 11 is 0. The number of halogens is 5. The SMILES string of the molecule is COc1c(F)cc(-c2cc(C(F)(F)F)c3c(N)ncnn23)cc1C(=O)N[C@@H]1CN(C(=O)C(C)(C)O)C[C@@H]1F. The summed E-state index contributed by atoms with van der Waals surface area (Å²) in [6, 6.07) is 1.41. The van der Waals surface area contributed by atoms with Gasteiger partial charge in [-0.05, 0) is 32.0 Å². The van der Waals surface area contributed by atoms with Crippen molar-refractivity contribution in [2.24, 2.45) is 0 Å². The van der Waals surface area contributed by atoms with Gasteiger partial charge in [0.15, 0.2) is 17.4 Å². The Morgan fingerprint density at radius 1 is 1.21 bits per heavy atom. The predicted molar refractivity (Wildman–Crippen MR) is 123 cm³/mol. The number of likely N-dealkylation sites (tertiary alicyclic amines) is 1. The van der Waals surface area contributed by atoms with Crippen molar-refractivity contribution in [3.8, 4) is 17.0 Å². The van der Waals surface area contributed by atoms with Crippen LogP contribution in [0.15, 0.2) is 24.5 Å². The molecular formula is C23H23F5N6O4. The molecule has 0 aliphatic carbocycles. The quantitative estimate of drug-likeness (QED) is 0.421. The second kappa shape index (κ2) is 9.38. The van der Waals surface area contributed by atoms with Crippen LogP contribution in [0.1, 0.15) is 29.8 Å². The fourth-order valence-electron chi connectivity index (χ4n) is 4.31. The van der Waals surface area contributed by atoms with Gasteiger partial charge in [-0.1, -0.05) is 0 Å². The largest absolute Gasteiger partial charge is 0.493 e. The van der Waals surface area contributed by atoms with E-state index in [2.05, 4.69) is 15.4 Å². The molecule has 2 atom stereocenters. The summed E-state index contributed by atoms with van der Waals surface area (Å²) in [7, 11) is 1.08. The maximum absolute atomic E-state index is 15.0. The smallest absolute Gasteiger partial charge is 0.418 e. The lowest BCUT2D eigenvalue weighted by Crippen LogP contribution is -2.46. The summed E-state index contributed by atoms with van der Waals surface area (Å²) < 4.78 is 76.6. The number of aromatic nitrogens is 3. The number of carbonyl (C=O) groups is 2. The van der Waals surface area contributed by atoms with Crippen LogP contribution in [0.3, 0.4) is 0 Å². The van der Waals surface area contributed by atoms with Crippen LogP contribution in [-0.2, 0) is 11.0 Å². The summed E-state index contributed by atoms with van der Waals surface area (Å²) in [5.74, 6) is -3.83. The van der Waals surface area contributed by atoms with E-state index in [4.69, 9.17) is 10.5 Å². The summed E-state index contributed by atoms with van der Waals surface area (Å²) in [5.41, 5.74) is 1.30. The maximum Gasteiger partial charge on any atom is 0.418 e. The van der Waals surface area contributed by atoms with Crippen molar-refractivity contribution in [2.45, 2.75) is 37.8 Å². The van der Waals surface area contributed by atoms with Crippen LogP contribution >= 0.6 is 0 Å². The van der Waals surface area contributed by atoms with Crippen LogP contribution in [0.5, 0.6) is 5.75 Å². The van der Waals surface area contributed by atoms with Crippen molar-refractivity contribution in [3.63, 3.8) is 0 Å². The van der Waals surface area contributed by atoms with Gasteiger partial charge in [0, 0.05) is 12.1 Å². The number of ether oxygens (including phenoxy) is 1. The van der Waals surface area contributed by atoms with Gasteiger partial charge in [0.25, 0.3) is 11.8 Å². The van der Waals surface area contributed by atoms with E-state index in [1.165, 1.54) is 13.8 Å². The number of methoxy groups -OCH3 is 1. The molecule has 0 spiro atoms. The Morgan fingerprint density at radius 2 is 1.89 bits per heavy atom. The first kappa shape index (κ1) is 27.0. The van der Waals surface area contributed by atoms with Gasteiger partial charge >= 0.3 is 6.18 Å². The standard InChI is InChI=1S/C23H23F5N6O4/c1-22(2,37)21(36)33-7-14(25)15(8-33)32-20(35)11-4-10(5-13(24)18(11)38-3)16-6-12(23(26,27)28)17-19(29)30-9-31-34(16)17/h4-6,9,14-15,37H,7-8H2,1-3H3,(H,32,35)(H2,29,30,31)/t14-,15+/m0/s1. The van der Waals surface area contributed by atoms with Gasteiger partial charge in [-0.2, -0.15) is 18.3 Å². The molecule has 0 bridgehead atoms. The van der Waals surface area contributed by atoms with Gasteiger partial charge in [-0.15, -0.1) is 0 Å². The van der Waals surface area contributed by atoms with Gasteiger partial charge in [-0.25, -0.2) is 18.3 Å². The minimum atomic E-state index is -4.85. The number of carbonyl (C=O) groups excluding carboxylic acids is 2. The lowest BCUT2D eigenvalue weighted by atomic mass is 10.0.